The van der Waals surface area contributed by atoms with Crippen LogP contribution in [0.25, 0.3) is 0 Å². The van der Waals surface area contributed by atoms with Gasteiger partial charge in [0.25, 0.3) is 0 Å². The van der Waals surface area contributed by atoms with E-state index in [0.717, 1.165) is 12.0 Å². The van der Waals surface area contributed by atoms with E-state index in [0.29, 0.717) is 41.2 Å². The van der Waals surface area contributed by atoms with Crippen LogP contribution in [0.2, 0.25) is 0 Å². The first-order valence-electron chi connectivity index (χ1n) is 12.7. The predicted octanol–water partition coefficient (Wildman–Crippen LogP) is 5.04. The molecule has 6 heteroatoms. The van der Waals surface area contributed by atoms with E-state index < -0.39 is 5.97 Å². The molecule has 2 bridgehead atoms. The molecule has 4 aliphatic carbocycles. The molecule has 5 aliphatic rings. The van der Waals surface area contributed by atoms with Crippen molar-refractivity contribution >= 4 is 23.5 Å². The molecule has 3 aromatic carbocycles. The number of nitrogens with zero attached hydrogens (tertiary/aromatic N) is 1. The Balaban J connectivity index is 1.00. The van der Waals surface area contributed by atoms with Crippen LogP contribution in [-0.4, -0.2) is 17.8 Å². The van der Waals surface area contributed by atoms with Crippen molar-refractivity contribution < 1.29 is 23.9 Å². The lowest BCUT2D eigenvalue weighted by Crippen LogP contribution is -2.40. The van der Waals surface area contributed by atoms with Crippen molar-refractivity contribution in [2.75, 3.05) is 4.90 Å². The van der Waals surface area contributed by atoms with Gasteiger partial charge in [-0.25, -0.2) is 4.79 Å². The molecule has 2 saturated carbocycles. The zero-order valence-electron chi connectivity index (χ0n) is 20.0. The SMILES string of the molecule is O=C(Oc1ccc(OCc2ccccc2)cc1)c1ccc(N2C(=O)[C@H]3[C@@H]4C=C[C@@H]([C@H]5C[C@H]45)[C@@H]3C2=O)cc1. The summed E-state index contributed by atoms with van der Waals surface area (Å²) in [6.07, 6.45) is 5.46. The van der Waals surface area contributed by atoms with Crippen LogP contribution in [0.1, 0.15) is 22.3 Å². The number of esters is 1. The molecule has 8 rings (SSSR count). The molecule has 6 nitrogen and oxygen atoms in total. The Morgan fingerprint density at radius 2 is 1.35 bits per heavy atom. The fraction of sp³-hybridized carbons (Fsp3) is 0.258. The summed E-state index contributed by atoms with van der Waals surface area (Å²) in [4.78, 5) is 40.6. The highest BCUT2D eigenvalue weighted by molar-refractivity contribution is 6.22. The van der Waals surface area contributed by atoms with Crippen LogP contribution in [0.3, 0.4) is 0 Å². The van der Waals surface area contributed by atoms with Crippen LogP contribution in [0, 0.1) is 35.5 Å². The number of hydrogen-bond acceptors (Lipinski definition) is 5. The van der Waals surface area contributed by atoms with Gasteiger partial charge in [0, 0.05) is 0 Å². The molecule has 0 radical (unpaired) electrons. The van der Waals surface area contributed by atoms with E-state index in [2.05, 4.69) is 12.2 Å². The average Bonchev–Trinajstić information content (AvgIpc) is 3.72. The zero-order valence-corrected chi connectivity index (χ0v) is 20.0. The Bertz CT molecular complexity index is 1380. The first kappa shape index (κ1) is 22.0. The maximum atomic E-state index is 13.3. The molecule has 1 heterocycles. The Hall–Kier alpha value is -4.19. The monoisotopic (exact) mass is 491 g/mol. The molecule has 0 unspecified atom stereocenters. The average molecular weight is 492 g/mol. The Morgan fingerprint density at radius 3 is 1.97 bits per heavy atom. The van der Waals surface area contributed by atoms with Crippen LogP contribution in [0.15, 0.2) is 91.0 Å². The number of hydrogen-bond donors (Lipinski definition) is 0. The van der Waals surface area contributed by atoms with Crippen molar-refractivity contribution in [3.63, 3.8) is 0 Å². The number of imide groups is 1. The van der Waals surface area contributed by atoms with Crippen molar-refractivity contribution in [3.8, 4) is 11.5 Å². The summed E-state index contributed by atoms with van der Waals surface area (Å²) in [5.74, 6) is 1.37. The van der Waals surface area contributed by atoms with E-state index in [-0.39, 0.29) is 35.5 Å². The molecular weight excluding hydrogens is 466 g/mol. The molecular formula is C31H25NO5. The highest BCUT2D eigenvalue weighted by Crippen LogP contribution is 2.65. The second kappa shape index (κ2) is 8.44. The second-order valence-electron chi connectivity index (χ2n) is 10.3. The van der Waals surface area contributed by atoms with Gasteiger partial charge in [0.1, 0.15) is 18.1 Å². The van der Waals surface area contributed by atoms with Gasteiger partial charge in [-0.3, -0.25) is 14.5 Å². The lowest BCUT2D eigenvalue weighted by Gasteiger charge is -2.37. The van der Waals surface area contributed by atoms with Gasteiger partial charge in [0.15, 0.2) is 0 Å². The smallest absolute Gasteiger partial charge is 0.343 e. The fourth-order valence-electron chi connectivity index (χ4n) is 6.47. The lowest BCUT2D eigenvalue weighted by molar-refractivity contribution is -0.124. The van der Waals surface area contributed by atoms with Gasteiger partial charge in [0.05, 0.1) is 23.1 Å². The standard InChI is InChI=1S/C31H25NO5/c33-29-27-23-14-15-24(26-16-25(23)26)28(27)30(34)32(29)20-8-6-19(7-9-20)31(35)37-22-12-10-21(11-13-22)36-17-18-4-2-1-3-5-18/h1-15,23-28H,16-17H2/t23-,24+,25-,26-,27+,28+/m1/s1. The van der Waals surface area contributed by atoms with Gasteiger partial charge < -0.3 is 9.47 Å². The largest absolute Gasteiger partial charge is 0.489 e. The first-order chi connectivity index (χ1) is 18.1. The van der Waals surface area contributed by atoms with Crippen LogP contribution in [0.4, 0.5) is 5.69 Å². The third-order valence-electron chi connectivity index (χ3n) is 8.31. The number of carbonyl (C=O) groups excluding carboxylic acids is 3. The van der Waals surface area contributed by atoms with Gasteiger partial charge in [0.2, 0.25) is 11.8 Å². The Labute approximate surface area is 214 Å². The van der Waals surface area contributed by atoms with E-state index in [1.165, 1.54) is 4.90 Å². The number of rotatable bonds is 6. The predicted molar refractivity (Wildman–Crippen MR) is 136 cm³/mol. The Morgan fingerprint density at radius 1 is 0.757 bits per heavy atom. The molecule has 2 amide bonds. The fourth-order valence-corrected chi connectivity index (χ4v) is 6.47. The van der Waals surface area contributed by atoms with E-state index in [9.17, 15) is 14.4 Å². The minimum absolute atomic E-state index is 0.107. The molecule has 0 aromatic heterocycles. The first-order valence-corrected chi connectivity index (χ1v) is 12.7. The number of anilines is 1. The molecule has 6 atom stereocenters. The number of ether oxygens (including phenoxy) is 2. The van der Waals surface area contributed by atoms with Gasteiger partial charge in [-0.2, -0.15) is 0 Å². The van der Waals surface area contributed by atoms with Gasteiger partial charge >= 0.3 is 5.97 Å². The third kappa shape index (κ3) is 3.67. The normalized spacial score (nSPS) is 28.6. The topological polar surface area (TPSA) is 72.9 Å². The minimum Gasteiger partial charge on any atom is -0.489 e. The number of carbonyl (C=O) groups is 3. The van der Waals surface area contributed by atoms with Crippen LogP contribution >= 0.6 is 0 Å². The van der Waals surface area contributed by atoms with Gasteiger partial charge in [-0.1, -0.05) is 42.5 Å². The molecule has 3 aromatic rings. The molecule has 1 aliphatic heterocycles. The molecule has 1 saturated heterocycles. The third-order valence-corrected chi connectivity index (χ3v) is 8.31. The summed E-state index contributed by atoms with van der Waals surface area (Å²) in [5.41, 5.74) is 1.92. The van der Waals surface area contributed by atoms with Crippen LogP contribution < -0.4 is 14.4 Å². The molecule has 184 valence electrons. The summed E-state index contributed by atoms with van der Waals surface area (Å²) in [7, 11) is 0. The van der Waals surface area contributed by atoms with E-state index in [1.807, 2.05) is 30.3 Å². The van der Waals surface area contributed by atoms with Crippen molar-refractivity contribution in [2.24, 2.45) is 35.5 Å². The summed E-state index contributed by atoms with van der Waals surface area (Å²) in [6, 6.07) is 23.2. The Kier molecular flexibility index (Phi) is 5.03. The maximum Gasteiger partial charge on any atom is 0.343 e. The quantitative estimate of drug-likeness (QED) is 0.209. The van der Waals surface area contributed by atoms with E-state index in [4.69, 9.17) is 9.47 Å². The highest BCUT2D eigenvalue weighted by Gasteiger charge is 2.67. The minimum atomic E-state index is -0.514. The maximum absolute atomic E-state index is 13.3. The number of allylic oxidation sites excluding steroid dienone is 2. The summed E-state index contributed by atoms with van der Waals surface area (Å²) in [5, 5.41) is 0. The van der Waals surface area contributed by atoms with Gasteiger partial charge in [-0.05, 0) is 84.2 Å². The van der Waals surface area contributed by atoms with E-state index in [1.54, 1.807) is 48.5 Å². The van der Waals surface area contributed by atoms with Crippen molar-refractivity contribution in [2.45, 2.75) is 13.0 Å². The van der Waals surface area contributed by atoms with Crippen LogP contribution in [-0.2, 0) is 16.2 Å². The summed E-state index contributed by atoms with van der Waals surface area (Å²) < 4.78 is 11.3. The molecule has 3 fully saturated rings. The highest BCUT2D eigenvalue weighted by atomic mass is 16.5. The van der Waals surface area contributed by atoms with Crippen LogP contribution in [0.5, 0.6) is 11.5 Å². The summed E-state index contributed by atoms with van der Waals surface area (Å²) in [6.45, 7) is 0.453. The molecule has 0 spiro atoms. The van der Waals surface area contributed by atoms with Crippen molar-refractivity contribution in [3.05, 3.63) is 102 Å². The van der Waals surface area contributed by atoms with Gasteiger partial charge in [-0.15, -0.1) is 0 Å². The lowest BCUT2D eigenvalue weighted by atomic mass is 9.63. The number of amides is 2. The summed E-state index contributed by atoms with van der Waals surface area (Å²) >= 11 is 0. The molecule has 37 heavy (non-hydrogen) atoms. The van der Waals surface area contributed by atoms with Crippen molar-refractivity contribution in [1.82, 2.24) is 0 Å². The number of benzene rings is 3. The zero-order chi connectivity index (χ0) is 25.1. The van der Waals surface area contributed by atoms with Crippen molar-refractivity contribution in [1.29, 1.82) is 0 Å². The second-order valence-corrected chi connectivity index (χ2v) is 10.3. The van der Waals surface area contributed by atoms with E-state index >= 15 is 0 Å². The molecule has 0 N–H and O–H groups in total.